The molecular weight excluding hydrogens is 391 g/mol. The Hall–Kier alpha value is -2.73. The molecule has 4 rings (SSSR count). The summed E-state index contributed by atoms with van der Waals surface area (Å²) >= 11 is 0. The molecule has 6 heteroatoms. The highest BCUT2D eigenvalue weighted by atomic mass is 19.1. The maximum Gasteiger partial charge on any atom is 0.271 e. The highest BCUT2D eigenvalue weighted by Crippen LogP contribution is 2.38. The van der Waals surface area contributed by atoms with Crippen molar-refractivity contribution in [2.24, 2.45) is 28.5 Å². The minimum atomic E-state index is -0.392. The van der Waals surface area contributed by atoms with Gasteiger partial charge in [-0.05, 0) is 56.6 Å². The minimum absolute atomic E-state index is 0.208. The van der Waals surface area contributed by atoms with E-state index < -0.39 is 6.04 Å². The first-order chi connectivity index (χ1) is 14.9. The average molecular weight is 423 g/mol. The van der Waals surface area contributed by atoms with Crippen LogP contribution in [0.1, 0.15) is 49.8 Å². The van der Waals surface area contributed by atoms with Crippen molar-refractivity contribution in [3.8, 4) is 0 Å². The van der Waals surface area contributed by atoms with Gasteiger partial charge in [-0.25, -0.2) is 4.39 Å². The normalized spacial score (nSPS) is 30.3. The van der Waals surface area contributed by atoms with Gasteiger partial charge in [0, 0.05) is 35.6 Å². The third kappa shape index (κ3) is 4.96. The van der Waals surface area contributed by atoms with E-state index in [0.717, 1.165) is 36.9 Å². The first-order valence-corrected chi connectivity index (χ1v) is 11.1. The van der Waals surface area contributed by atoms with Gasteiger partial charge in [-0.3, -0.25) is 9.79 Å². The summed E-state index contributed by atoms with van der Waals surface area (Å²) in [5.74, 6) is 0.701. The Morgan fingerprint density at radius 3 is 2.94 bits per heavy atom. The average Bonchev–Trinajstić information content (AvgIpc) is 2.75. The molecule has 2 unspecified atom stereocenters. The third-order valence-electron chi connectivity index (χ3n) is 6.53. The smallest absolute Gasteiger partial charge is 0.271 e. The van der Waals surface area contributed by atoms with Crippen LogP contribution in [0.5, 0.6) is 0 Å². The second-order valence-electron chi connectivity index (χ2n) is 9.16. The molecule has 4 N–H and O–H groups in total. The Kier molecular flexibility index (Phi) is 6.37. The predicted molar refractivity (Wildman–Crippen MR) is 122 cm³/mol. The van der Waals surface area contributed by atoms with Crippen molar-refractivity contribution >= 4 is 12.1 Å². The topological polar surface area (TPSA) is 79.5 Å². The van der Waals surface area contributed by atoms with E-state index in [9.17, 15) is 9.18 Å². The number of halogens is 1. The molecule has 0 spiro atoms. The van der Waals surface area contributed by atoms with Crippen molar-refractivity contribution < 1.29 is 9.18 Å². The van der Waals surface area contributed by atoms with Gasteiger partial charge < -0.3 is 16.4 Å². The quantitative estimate of drug-likeness (QED) is 0.685. The van der Waals surface area contributed by atoms with Crippen LogP contribution in [0.4, 0.5) is 4.39 Å². The summed E-state index contributed by atoms with van der Waals surface area (Å²) in [7, 11) is 0. The molecule has 1 fully saturated rings. The SMILES string of the molecule is Cc1ccc(F)c(C2C=CC=C(C(=O)NC3=CN=CCC3[C@@H]3C[C@H](C)C[C@H](N)C3)N2)c1. The molecule has 0 saturated heterocycles. The lowest BCUT2D eigenvalue weighted by molar-refractivity contribution is -0.117. The fourth-order valence-electron chi connectivity index (χ4n) is 5.09. The molecule has 1 amide bonds. The third-order valence-corrected chi connectivity index (χ3v) is 6.53. The van der Waals surface area contributed by atoms with E-state index in [4.69, 9.17) is 5.73 Å². The van der Waals surface area contributed by atoms with E-state index in [-0.39, 0.29) is 23.7 Å². The van der Waals surface area contributed by atoms with Crippen molar-refractivity contribution in [1.82, 2.24) is 10.6 Å². The number of carbonyl (C=O) groups is 1. The molecule has 0 radical (unpaired) electrons. The number of nitrogens with two attached hydrogens (primary N) is 1. The molecule has 1 aliphatic carbocycles. The zero-order valence-electron chi connectivity index (χ0n) is 18.1. The molecule has 0 bridgehead atoms. The minimum Gasteiger partial charge on any atom is -0.370 e. The van der Waals surface area contributed by atoms with E-state index in [1.807, 2.05) is 19.2 Å². The van der Waals surface area contributed by atoms with Gasteiger partial charge in [0.05, 0.1) is 6.04 Å². The van der Waals surface area contributed by atoms with Crippen LogP contribution in [0.2, 0.25) is 0 Å². The van der Waals surface area contributed by atoms with E-state index in [1.165, 1.54) is 6.07 Å². The molecule has 2 aliphatic heterocycles. The van der Waals surface area contributed by atoms with E-state index >= 15 is 0 Å². The number of hydrogen-bond donors (Lipinski definition) is 3. The molecule has 5 nitrogen and oxygen atoms in total. The first kappa shape index (κ1) is 21.5. The molecule has 3 aliphatic rings. The van der Waals surface area contributed by atoms with Crippen LogP contribution in [-0.4, -0.2) is 18.2 Å². The van der Waals surface area contributed by atoms with Crippen LogP contribution in [0.15, 0.2) is 59.0 Å². The number of carbonyl (C=O) groups excluding carboxylic acids is 1. The van der Waals surface area contributed by atoms with Crippen molar-refractivity contribution in [1.29, 1.82) is 0 Å². The van der Waals surface area contributed by atoms with Gasteiger partial charge in [0.25, 0.3) is 5.91 Å². The van der Waals surface area contributed by atoms with E-state index in [2.05, 4.69) is 22.5 Å². The number of amides is 1. The van der Waals surface area contributed by atoms with E-state index in [0.29, 0.717) is 23.1 Å². The fourth-order valence-corrected chi connectivity index (χ4v) is 5.09. The van der Waals surface area contributed by atoms with Gasteiger partial charge in [0.15, 0.2) is 0 Å². The van der Waals surface area contributed by atoms with Crippen molar-refractivity contribution in [3.63, 3.8) is 0 Å². The van der Waals surface area contributed by atoms with Gasteiger partial charge in [-0.15, -0.1) is 0 Å². The summed E-state index contributed by atoms with van der Waals surface area (Å²) in [6.07, 6.45) is 13.0. The lowest BCUT2D eigenvalue weighted by Gasteiger charge is -2.37. The second kappa shape index (κ2) is 9.18. The summed E-state index contributed by atoms with van der Waals surface area (Å²) < 4.78 is 14.3. The Morgan fingerprint density at radius 2 is 2.13 bits per heavy atom. The van der Waals surface area contributed by atoms with Crippen molar-refractivity contribution in [2.45, 2.75) is 51.6 Å². The number of nitrogens with zero attached hydrogens (tertiary/aromatic N) is 1. The predicted octanol–water partition coefficient (Wildman–Crippen LogP) is 4.03. The molecule has 31 heavy (non-hydrogen) atoms. The summed E-state index contributed by atoms with van der Waals surface area (Å²) in [5.41, 5.74) is 9.04. The number of allylic oxidation sites excluding steroid dienone is 3. The van der Waals surface area contributed by atoms with Crippen molar-refractivity contribution in [3.05, 3.63) is 71.0 Å². The van der Waals surface area contributed by atoms with Gasteiger partial charge in [-0.1, -0.05) is 36.8 Å². The number of rotatable bonds is 4. The second-order valence-corrected chi connectivity index (χ2v) is 9.16. The lowest BCUT2D eigenvalue weighted by atomic mass is 9.71. The van der Waals surface area contributed by atoms with Crippen LogP contribution < -0.4 is 16.4 Å². The molecule has 1 saturated carbocycles. The number of hydrogen-bond acceptors (Lipinski definition) is 4. The Morgan fingerprint density at radius 1 is 1.29 bits per heavy atom. The Labute approximate surface area is 183 Å². The van der Waals surface area contributed by atoms with E-state index in [1.54, 1.807) is 30.5 Å². The summed E-state index contributed by atoms with van der Waals surface area (Å²) in [6, 6.07) is 4.83. The van der Waals surface area contributed by atoms with Crippen molar-refractivity contribution in [2.75, 3.05) is 0 Å². The number of dihydropyridines is 1. The van der Waals surface area contributed by atoms with Gasteiger partial charge in [-0.2, -0.15) is 0 Å². The van der Waals surface area contributed by atoms with Gasteiger partial charge in [0.2, 0.25) is 0 Å². The zero-order valence-corrected chi connectivity index (χ0v) is 18.1. The van der Waals surface area contributed by atoms with Crippen LogP contribution in [0.25, 0.3) is 0 Å². The summed E-state index contributed by atoms with van der Waals surface area (Å²) in [4.78, 5) is 17.4. The highest BCUT2D eigenvalue weighted by molar-refractivity contribution is 5.94. The number of benzene rings is 1. The molecule has 164 valence electrons. The number of nitrogens with one attached hydrogen (secondary N) is 2. The molecule has 5 atom stereocenters. The highest BCUT2D eigenvalue weighted by Gasteiger charge is 2.33. The first-order valence-electron chi connectivity index (χ1n) is 11.1. The Balaban J connectivity index is 1.46. The fraction of sp³-hybridized carbons (Fsp3) is 0.440. The monoisotopic (exact) mass is 422 g/mol. The maximum atomic E-state index is 14.3. The van der Waals surface area contributed by atoms with Crippen LogP contribution in [-0.2, 0) is 4.79 Å². The summed E-state index contributed by atoms with van der Waals surface area (Å²) in [6.45, 7) is 4.17. The van der Waals surface area contributed by atoms with Crippen LogP contribution in [0.3, 0.4) is 0 Å². The number of aryl methyl sites for hydroxylation is 1. The lowest BCUT2D eigenvalue weighted by Crippen LogP contribution is -2.40. The molecule has 2 heterocycles. The summed E-state index contributed by atoms with van der Waals surface area (Å²) in [5, 5.41) is 6.25. The molecular formula is C25H31FN4O. The standard InChI is InChI=1S/C25H31FN4O/c1-15-6-7-21(26)20(12-15)22-4-3-5-23(29-22)25(31)30-24-14-28-9-8-19(24)17-10-16(2)11-18(27)13-17/h3-7,9,12,14,16-19,22,29H,8,10-11,13,27H2,1-2H3,(H,30,31)/t16-,17+,18-,19?,22?/m0/s1. The zero-order chi connectivity index (χ0) is 22.0. The largest absolute Gasteiger partial charge is 0.370 e. The van der Waals surface area contributed by atoms with Crippen LogP contribution >= 0.6 is 0 Å². The maximum absolute atomic E-state index is 14.3. The van der Waals surface area contributed by atoms with Gasteiger partial charge in [0.1, 0.15) is 11.5 Å². The van der Waals surface area contributed by atoms with Crippen LogP contribution in [0, 0.1) is 30.5 Å². The number of aliphatic imine (C=N–C) groups is 1. The molecule has 0 aromatic heterocycles. The van der Waals surface area contributed by atoms with Gasteiger partial charge >= 0.3 is 0 Å². The molecule has 1 aromatic rings. The Bertz CT molecular complexity index is 954. The molecule has 1 aromatic carbocycles.